The van der Waals surface area contributed by atoms with Gasteiger partial charge in [0.25, 0.3) is 0 Å². The van der Waals surface area contributed by atoms with E-state index in [1.165, 1.54) is 12.8 Å². The molecule has 0 aliphatic carbocycles. The van der Waals surface area contributed by atoms with E-state index in [-0.39, 0.29) is 10.8 Å². The molecular formula is C14H20ClFN2. The zero-order chi connectivity index (χ0) is 13.0. The molecule has 1 heterocycles. The molecule has 0 saturated carbocycles. The molecule has 1 aliphatic heterocycles. The van der Waals surface area contributed by atoms with E-state index in [4.69, 9.17) is 11.6 Å². The lowest BCUT2D eigenvalue weighted by molar-refractivity contribution is 0.164. The van der Waals surface area contributed by atoms with Crippen LogP contribution in [0.4, 0.5) is 4.39 Å². The number of piperidine rings is 1. The smallest absolute Gasteiger partial charge is 0.146 e. The predicted octanol–water partition coefficient (Wildman–Crippen LogP) is 3.05. The third kappa shape index (κ3) is 3.22. The summed E-state index contributed by atoms with van der Waals surface area (Å²) in [5.41, 5.74) is 0.690. The van der Waals surface area contributed by atoms with Gasteiger partial charge in [-0.3, -0.25) is 4.90 Å². The van der Waals surface area contributed by atoms with Gasteiger partial charge in [-0.2, -0.15) is 0 Å². The molecule has 1 aromatic rings. The van der Waals surface area contributed by atoms with Gasteiger partial charge in [0.05, 0.1) is 5.02 Å². The van der Waals surface area contributed by atoms with Crippen molar-refractivity contribution in [1.82, 2.24) is 10.2 Å². The third-order valence-electron chi connectivity index (χ3n) is 3.60. The molecule has 1 aliphatic rings. The Balaban J connectivity index is 2.07. The fourth-order valence-electron chi connectivity index (χ4n) is 2.53. The summed E-state index contributed by atoms with van der Waals surface area (Å²) in [7, 11) is 0. The van der Waals surface area contributed by atoms with E-state index in [9.17, 15) is 4.39 Å². The fourth-order valence-corrected chi connectivity index (χ4v) is 2.73. The Morgan fingerprint density at radius 1 is 1.50 bits per heavy atom. The number of likely N-dealkylation sites (N-methyl/N-ethyl adjacent to an activating group) is 1. The molecule has 0 spiro atoms. The first-order valence-corrected chi connectivity index (χ1v) is 6.97. The monoisotopic (exact) mass is 270 g/mol. The average molecular weight is 271 g/mol. The van der Waals surface area contributed by atoms with Gasteiger partial charge >= 0.3 is 0 Å². The van der Waals surface area contributed by atoms with Crippen LogP contribution in [0.5, 0.6) is 0 Å². The summed E-state index contributed by atoms with van der Waals surface area (Å²) in [4.78, 5) is 2.32. The minimum atomic E-state index is -0.276. The second-order valence-electron chi connectivity index (χ2n) is 4.78. The van der Waals surface area contributed by atoms with Gasteiger partial charge in [0.15, 0.2) is 0 Å². The van der Waals surface area contributed by atoms with Crippen LogP contribution in [0.25, 0.3) is 0 Å². The van der Waals surface area contributed by atoms with Crippen LogP contribution in [0, 0.1) is 5.82 Å². The molecule has 2 rings (SSSR count). The molecule has 0 radical (unpaired) electrons. The topological polar surface area (TPSA) is 15.3 Å². The number of hydrogen-bond donors (Lipinski definition) is 1. The molecule has 1 unspecified atom stereocenters. The Labute approximate surface area is 113 Å². The van der Waals surface area contributed by atoms with Crippen LogP contribution in [0.3, 0.4) is 0 Å². The van der Waals surface area contributed by atoms with Gasteiger partial charge < -0.3 is 5.32 Å². The summed E-state index contributed by atoms with van der Waals surface area (Å²) >= 11 is 5.82. The van der Waals surface area contributed by atoms with Crippen LogP contribution in [0.1, 0.15) is 25.3 Å². The highest BCUT2D eigenvalue weighted by molar-refractivity contribution is 6.30. The van der Waals surface area contributed by atoms with E-state index < -0.39 is 0 Å². The summed E-state index contributed by atoms with van der Waals surface area (Å²) < 4.78 is 13.9. The minimum Gasteiger partial charge on any atom is -0.315 e. The van der Waals surface area contributed by atoms with Crippen LogP contribution in [-0.2, 0) is 6.54 Å². The highest BCUT2D eigenvalue weighted by atomic mass is 35.5. The molecule has 0 aromatic heterocycles. The van der Waals surface area contributed by atoms with Crippen LogP contribution < -0.4 is 5.32 Å². The first kappa shape index (κ1) is 13.8. The van der Waals surface area contributed by atoms with Crippen LogP contribution >= 0.6 is 11.6 Å². The zero-order valence-electron chi connectivity index (χ0n) is 10.8. The van der Waals surface area contributed by atoms with Crippen molar-refractivity contribution in [2.75, 3.05) is 19.6 Å². The van der Waals surface area contributed by atoms with E-state index >= 15 is 0 Å². The SMILES string of the molecule is CCN(Cc1cccc(Cl)c1F)C1CCCNC1. The number of hydrogen-bond acceptors (Lipinski definition) is 2. The molecule has 1 saturated heterocycles. The van der Waals surface area contributed by atoms with Crippen LogP contribution in [0.2, 0.25) is 5.02 Å². The van der Waals surface area contributed by atoms with Crippen molar-refractivity contribution in [3.8, 4) is 0 Å². The maximum atomic E-state index is 13.9. The van der Waals surface area contributed by atoms with E-state index in [1.807, 2.05) is 12.1 Å². The molecule has 100 valence electrons. The summed E-state index contributed by atoms with van der Waals surface area (Å²) in [5, 5.41) is 3.61. The van der Waals surface area contributed by atoms with Gasteiger partial charge in [-0.15, -0.1) is 0 Å². The van der Waals surface area contributed by atoms with Crippen LogP contribution in [0.15, 0.2) is 18.2 Å². The molecule has 2 nitrogen and oxygen atoms in total. The molecule has 18 heavy (non-hydrogen) atoms. The second kappa shape index (κ2) is 6.50. The predicted molar refractivity (Wildman–Crippen MR) is 73.4 cm³/mol. The van der Waals surface area contributed by atoms with Crippen molar-refractivity contribution in [2.24, 2.45) is 0 Å². The Morgan fingerprint density at radius 3 is 3.00 bits per heavy atom. The molecule has 0 bridgehead atoms. The third-order valence-corrected chi connectivity index (χ3v) is 3.89. The molecule has 1 atom stereocenters. The standard InChI is InChI=1S/C14H20ClFN2/c1-2-18(12-6-4-8-17-9-12)10-11-5-3-7-13(15)14(11)16/h3,5,7,12,17H,2,4,6,8-10H2,1H3. The van der Waals surface area contributed by atoms with Gasteiger partial charge in [0.1, 0.15) is 5.82 Å². The van der Waals surface area contributed by atoms with E-state index in [1.54, 1.807) is 6.07 Å². The second-order valence-corrected chi connectivity index (χ2v) is 5.18. The minimum absolute atomic E-state index is 0.213. The van der Waals surface area contributed by atoms with E-state index in [2.05, 4.69) is 17.1 Å². The van der Waals surface area contributed by atoms with Gasteiger partial charge in [-0.25, -0.2) is 4.39 Å². The summed E-state index contributed by atoms with van der Waals surface area (Å²) in [6.07, 6.45) is 2.38. The lowest BCUT2D eigenvalue weighted by atomic mass is 10.0. The maximum absolute atomic E-state index is 13.9. The quantitative estimate of drug-likeness (QED) is 0.905. The molecular weight excluding hydrogens is 251 g/mol. The Morgan fingerprint density at radius 2 is 2.33 bits per heavy atom. The lowest BCUT2D eigenvalue weighted by Crippen LogP contribution is -2.45. The highest BCUT2D eigenvalue weighted by Gasteiger charge is 2.20. The van der Waals surface area contributed by atoms with Crippen molar-refractivity contribution in [2.45, 2.75) is 32.4 Å². The van der Waals surface area contributed by atoms with E-state index in [0.29, 0.717) is 18.2 Å². The number of halogens is 2. The molecule has 1 fully saturated rings. The van der Waals surface area contributed by atoms with Gasteiger partial charge in [-0.05, 0) is 32.0 Å². The number of rotatable bonds is 4. The largest absolute Gasteiger partial charge is 0.315 e. The Kier molecular flexibility index (Phi) is 4.98. The van der Waals surface area contributed by atoms with Crippen molar-refractivity contribution in [3.05, 3.63) is 34.6 Å². The number of nitrogens with one attached hydrogen (secondary N) is 1. The van der Waals surface area contributed by atoms with E-state index in [0.717, 1.165) is 19.6 Å². The van der Waals surface area contributed by atoms with Gasteiger partial charge in [-0.1, -0.05) is 30.7 Å². The average Bonchev–Trinajstić information content (AvgIpc) is 2.41. The first-order chi connectivity index (χ1) is 8.72. The Bertz CT molecular complexity index is 391. The first-order valence-electron chi connectivity index (χ1n) is 6.60. The Hall–Kier alpha value is -0.640. The van der Waals surface area contributed by atoms with Crippen molar-refractivity contribution in [1.29, 1.82) is 0 Å². The summed E-state index contributed by atoms with van der Waals surface area (Å²) in [6, 6.07) is 5.73. The number of benzene rings is 1. The van der Waals surface area contributed by atoms with Gasteiger partial charge in [0, 0.05) is 24.7 Å². The normalized spacial score (nSPS) is 20.3. The molecule has 0 amide bonds. The number of nitrogens with zero attached hydrogens (tertiary/aromatic N) is 1. The summed E-state index contributed by atoms with van der Waals surface area (Å²) in [5.74, 6) is -0.276. The van der Waals surface area contributed by atoms with Crippen LogP contribution in [-0.4, -0.2) is 30.6 Å². The zero-order valence-corrected chi connectivity index (χ0v) is 11.5. The van der Waals surface area contributed by atoms with Crippen molar-refractivity contribution >= 4 is 11.6 Å². The van der Waals surface area contributed by atoms with Crippen molar-refractivity contribution < 1.29 is 4.39 Å². The summed E-state index contributed by atoms with van der Waals surface area (Å²) in [6.45, 7) is 5.78. The molecule has 1 aromatic carbocycles. The highest BCUT2D eigenvalue weighted by Crippen LogP contribution is 2.21. The van der Waals surface area contributed by atoms with Gasteiger partial charge in [0.2, 0.25) is 0 Å². The lowest BCUT2D eigenvalue weighted by Gasteiger charge is -2.34. The van der Waals surface area contributed by atoms with Crippen molar-refractivity contribution in [3.63, 3.8) is 0 Å². The molecule has 1 N–H and O–H groups in total. The maximum Gasteiger partial charge on any atom is 0.146 e. The molecule has 4 heteroatoms. The fraction of sp³-hybridized carbons (Fsp3) is 0.571.